The Kier molecular flexibility index (Phi) is 4.77. The third-order valence-corrected chi connectivity index (χ3v) is 4.54. The average molecular weight is 339 g/mol. The van der Waals surface area contributed by atoms with E-state index in [4.69, 9.17) is 4.74 Å². The molecule has 0 atom stereocenters. The molecular weight excluding hydrogens is 324 g/mol. The Bertz CT molecular complexity index is 572. The van der Waals surface area contributed by atoms with Crippen LogP contribution in [0.3, 0.4) is 0 Å². The van der Waals surface area contributed by atoms with Crippen LogP contribution >= 0.6 is 27.3 Å². The maximum absolute atomic E-state index is 12.1. The number of halogens is 1. The van der Waals surface area contributed by atoms with Crippen LogP contribution in [0.4, 0.5) is 0 Å². The minimum absolute atomic E-state index is 0.204. The van der Waals surface area contributed by atoms with Crippen LogP contribution in [0.1, 0.15) is 27.2 Å². The van der Waals surface area contributed by atoms with Crippen molar-refractivity contribution in [2.24, 2.45) is 0 Å². The average Bonchev–Trinajstić information content (AvgIpc) is 2.75. The Morgan fingerprint density at radius 3 is 2.53 bits per heavy atom. The van der Waals surface area contributed by atoms with Gasteiger partial charge in [-0.05, 0) is 53.0 Å². The summed E-state index contributed by atoms with van der Waals surface area (Å²) in [6.07, 6.45) is 1.30. The second-order valence-electron chi connectivity index (χ2n) is 4.29. The van der Waals surface area contributed by atoms with Crippen molar-refractivity contribution in [3.05, 3.63) is 50.1 Å². The SMILES string of the molecule is COc1ccc(CCC(=O)c2cc(Br)sc2C)cc1. The number of thiophene rings is 1. The number of Topliss-reactive ketones (excluding diaryl/α,β-unsaturated/α-hetero) is 1. The summed E-state index contributed by atoms with van der Waals surface area (Å²) in [7, 11) is 1.65. The monoisotopic (exact) mass is 338 g/mol. The normalized spacial score (nSPS) is 10.5. The molecule has 0 amide bonds. The van der Waals surface area contributed by atoms with E-state index in [1.807, 2.05) is 37.3 Å². The molecule has 1 aromatic carbocycles. The van der Waals surface area contributed by atoms with E-state index in [2.05, 4.69) is 15.9 Å². The van der Waals surface area contributed by atoms with E-state index in [-0.39, 0.29) is 5.78 Å². The van der Waals surface area contributed by atoms with Gasteiger partial charge in [0.25, 0.3) is 0 Å². The zero-order chi connectivity index (χ0) is 13.8. The van der Waals surface area contributed by atoms with Crippen molar-refractivity contribution in [1.82, 2.24) is 0 Å². The molecule has 0 aliphatic carbocycles. The molecule has 0 unspecified atom stereocenters. The van der Waals surface area contributed by atoms with Crippen molar-refractivity contribution in [2.45, 2.75) is 19.8 Å². The molecule has 0 aliphatic heterocycles. The van der Waals surface area contributed by atoms with Gasteiger partial charge >= 0.3 is 0 Å². The lowest BCUT2D eigenvalue weighted by Gasteiger charge is -2.03. The van der Waals surface area contributed by atoms with E-state index >= 15 is 0 Å². The molecule has 1 heterocycles. The molecule has 0 bridgehead atoms. The molecule has 0 aliphatic rings. The van der Waals surface area contributed by atoms with Crippen molar-refractivity contribution < 1.29 is 9.53 Å². The molecule has 2 rings (SSSR count). The van der Waals surface area contributed by atoms with Gasteiger partial charge in [0.05, 0.1) is 10.9 Å². The molecule has 4 heteroatoms. The fourth-order valence-corrected chi connectivity index (χ4v) is 3.62. The highest BCUT2D eigenvalue weighted by Gasteiger charge is 2.12. The molecule has 0 fully saturated rings. The first-order chi connectivity index (χ1) is 9.10. The molecule has 19 heavy (non-hydrogen) atoms. The zero-order valence-electron chi connectivity index (χ0n) is 10.9. The summed E-state index contributed by atoms with van der Waals surface area (Å²) >= 11 is 5.02. The number of hydrogen-bond donors (Lipinski definition) is 0. The van der Waals surface area contributed by atoms with Crippen LogP contribution in [0.2, 0.25) is 0 Å². The van der Waals surface area contributed by atoms with Gasteiger partial charge in [-0.25, -0.2) is 0 Å². The predicted octanol–water partition coefficient (Wildman–Crippen LogP) is 4.64. The number of methoxy groups -OCH3 is 1. The summed E-state index contributed by atoms with van der Waals surface area (Å²) in [6, 6.07) is 9.76. The fourth-order valence-electron chi connectivity index (χ4n) is 1.91. The Morgan fingerprint density at radius 2 is 2.00 bits per heavy atom. The third kappa shape index (κ3) is 3.67. The number of carbonyl (C=O) groups excluding carboxylic acids is 1. The molecule has 0 saturated carbocycles. The van der Waals surface area contributed by atoms with Crippen molar-refractivity contribution in [2.75, 3.05) is 7.11 Å². The molecule has 0 saturated heterocycles. The molecule has 0 N–H and O–H groups in total. The van der Waals surface area contributed by atoms with Gasteiger partial charge in [0.1, 0.15) is 5.75 Å². The van der Waals surface area contributed by atoms with Gasteiger partial charge in [-0.3, -0.25) is 4.79 Å². The van der Waals surface area contributed by atoms with E-state index < -0.39 is 0 Å². The Morgan fingerprint density at radius 1 is 1.32 bits per heavy atom. The highest BCUT2D eigenvalue weighted by atomic mass is 79.9. The molecule has 0 spiro atoms. The topological polar surface area (TPSA) is 26.3 Å². The second kappa shape index (κ2) is 6.35. The number of ketones is 1. The maximum atomic E-state index is 12.1. The Labute approximate surface area is 125 Å². The first-order valence-electron chi connectivity index (χ1n) is 6.02. The standard InChI is InChI=1S/C15H15BrO2S/c1-10-13(9-15(16)19-10)14(17)8-5-11-3-6-12(18-2)7-4-11/h3-4,6-7,9H,5,8H2,1-2H3. The maximum Gasteiger partial charge on any atom is 0.164 e. The molecular formula is C15H15BrO2S. The van der Waals surface area contributed by atoms with Crippen molar-refractivity contribution in [3.8, 4) is 5.75 Å². The summed E-state index contributed by atoms with van der Waals surface area (Å²) in [4.78, 5) is 13.2. The molecule has 0 radical (unpaired) electrons. The van der Waals surface area contributed by atoms with Gasteiger partial charge in [0, 0.05) is 16.9 Å². The number of benzene rings is 1. The Balaban J connectivity index is 1.98. The number of aryl methyl sites for hydroxylation is 2. The lowest BCUT2D eigenvalue weighted by Crippen LogP contribution is -2.01. The van der Waals surface area contributed by atoms with Crippen LogP contribution in [0.5, 0.6) is 5.75 Å². The highest BCUT2D eigenvalue weighted by molar-refractivity contribution is 9.11. The molecule has 2 aromatic rings. The molecule has 2 nitrogen and oxygen atoms in total. The molecule has 100 valence electrons. The van der Waals surface area contributed by atoms with Crippen LogP contribution in [0, 0.1) is 6.92 Å². The quantitative estimate of drug-likeness (QED) is 0.742. The van der Waals surface area contributed by atoms with E-state index in [1.165, 1.54) is 0 Å². The smallest absolute Gasteiger partial charge is 0.164 e. The Hall–Kier alpha value is -1.13. The van der Waals surface area contributed by atoms with Gasteiger partial charge in [0.2, 0.25) is 0 Å². The van der Waals surface area contributed by atoms with Crippen LogP contribution in [0.15, 0.2) is 34.1 Å². The summed E-state index contributed by atoms with van der Waals surface area (Å²) in [5, 5.41) is 0. The van der Waals surface area contributed by atoms with Crippen LogP contribution in [-0.4, -0.2) is 12.9 Å². The lowest BCUT2D eigenvalue weighted by molar-refractivity contribution is 0.0982. The number of ether oxygens (including phenoxy) is 1. The van der Waals surface area contributed by atoms with Crippen molar-refractivity contribution in [1.29, 1.82) is 0 Å². The first-order valence-corrected chi connectivity index (χ1v) is 7.63. The number of hydrogen-bond acceptors (Lipinski definition) is 3. The number of rotatable bonds is 5. The number of carbonyl (C=O) groups is 1. The lowest BCUT2D eigenvalue weighted by atomic mass is 10.0. The van der Waals surface area contributed by atoms with Crippen molar-refractivity contribution in [3.63, 3.8) is 0 Å². The van der Waals surface area contributed by atoms with Gasteiger partial charge in [-0.1, -0.05) is 12.1 Å². The highest BCUT2D eigenvalue weighted by Crippen LogP contribution is 2.27. The third-order valence-electron chi connectivity index (χ3n) is 2.99. The predicted molar refractivity (Wildman–Crippen MR) is 82.4 cm³/mol. The summed E-state index contributed by atoms with van der Waals surface area (Å²) in [6.45, 7) is 1.98. The van der Waals surface area contributed by atoms with Gasteiger partial charge in [0.15, 0.2) is 5.78 Å². The minimum Gasteiger partial charge on any atom is -0.497 e. The largest absolute Gasteiger partial charge is 0.497 e. The fraction of sp³-hybridized carbons (Fsp3) is 0.267. The van der Waals surface area contributed by atoms with Crippen LogP contribution in [0.25, 0.3) is 0 Å². The zero-order valence-corrected chi connectivity index (χ0v) is 13.3. The van der Waals surface area contributed by atoms with E-state index in [0.717, 1.165) is 32.0 Å². The molecule has 1 aromatic heterocycles. The van der Waals surface area contributed by atoms with Gasteiger partial charge in [-0.2, -0.15) is 0 Å². The van der Waals surface area contributed by atoms with Gasteiger partial charge < -0.3 is 4.74 Å². The van der Waals surface area contributed by atoms with E-state index in [1.54, 1.807) is 18.4 Å². The first kappa shape index (κ1) is 14.3. The minimum atomic E-state index is 0.204. The summed E-state index contributed by atoms with van der Waals surface area (Å²) < 4.78 is 6.12. The van der Waals surface area contributed by atoms with Crippen LogP contribution < -0.4 is 4.74 Å². The second-order valence-corrected chi connectivity index (χ2v) is 6.93. The summed E-state index contributed by atoms with van der Waals surface area (Å²) in [5.41, 5.74) is 1.99. The van der Waals surface area contributed by atoms with Crippen molar-refractivity contribution >= 4 is 33.0 Å². The van der Waals surface area contributed by atoms with Crippen LogP contribution in [-0.2, 0) is 6.42 Å². The van der Waals surface area contributed by atoms with Gasteiger partial charge in [-0.15, -0.1) is 11.3 Å². The summed E-state index contributed by atoms with van der Waals surface area (Å²) in [5.74, 6) is 1.04. The van der Waals surface area contributed by atoms with E-state index in [0.29, 0.717) is 6.42 Å². The van der Waals surface area contributed by atoms with E-state index in [9.17, 15) is 4.79 Å².